The summed E-state index contributed by atoms with van der Waals surface area (Å²) in [6.45, 7) is 2.06. The number of alkyl halides is 1. The zero-order valence-corrected chi connectivity index (χ0v) is 12.1. The van der Waals surface area contributed by atoms with Crippen LogP contribution < -0.4 is 0 Å². The maximum Gasteiger partial charge on any atom is 0.149 e. The van der Waals surface area contributed by atoms with Crippen LogP contribution in [0.15, 0.2) is 18.2 Å². The van der Waals surface area contributed by atoms with Gasteiger partial charge in [-0.15, -0.1) is 10.2 Å². The molecule has 2 rings (SSSR count). The number of hydrogen-bond donors (Lipinski definition) is 0. The van der Waals surface area contributed by atoms with Crippen molar-refractivity contribution in [2.75, 3.05) is 0 Å². The second kappa shape index (κ2) is 5.42. The predicted octanol–water partition coefficient (Wildman–Crippen LogP) is 4.84. The third-order valence-corrected chi connectivity index (χ3v) is 5.00. The van der Waals surface area contributed by atoms with E-state index in [0.29, 0.717) is 15.6 Å². The van der Waals surface area contributed by atoms with Gasteiger partial charge < -0.3 is 0 Å². The Kier molecular flexibility index (Phi) is 4.12. The Morgan fingerprint density at radius 1 is 1.47 bits per heavy atom. The largest absolute Gasteiger partial charge is 0.207 e. The minimum absolute atomic E-state index is 0.202. The third kappa shape index (κ3) is 2.84. The number of aromatic nitrogens is 2. The SMILES string of the molecule is CCC(Br)c1nnc(-c2ccc(F)cc2Cl)s1. The minimum Gasteiger partial charge on any atom is -0.207 e. The van der Waals surface area contributed by atoms with Crippen LogP contribution in [-0.4, -0.2) is 10.2 Å². The van der Waals surface area contributed by atoms with Gasteiger partial charge in [-0.25, -0.2) is 4.39 Å². The van der Waals surface area contributed by atoms with E-state index in [1.165, 1.54) is 23.5 Å². The van der Waals surface area contributed by atoms with Gasteiger partial charge in [0.2, 0.25) is 0 Å². The molecule has 1 atom stereocenters. The van der Waals surface area contributed by atoms with Crippen LogP contribution in [0.5, 0.6) is 0 Å². The van der Waals surface area contributed by atoms with Crippen LogP contribution in [0.2, 0.25) is 5.02 Å². The summed E-state index contributed by atoms with van der Waals surface area (Å²) in [6, 6.07) is 4.27. The van der Waals surface area contributed by atoms with E-state index in [1.54, 1.807) is 6.07 Å². The van der Waals surface area contributed by atoms with Crippen LogP contribution >= 0.6 is 38.9 Å². The highest BCUT2D eigenvalue weighted by Gasteiger charge is 2.14. The number of hydrogen-bond acceptors (Lipinski definition) is 3. The molecule has 0 N–H and O–H groups in total. The summed E-state index contributed by atoms with van der Waals surface area (Å²) in [5.74, 6) is -0.351. The lowest BCUT2D eigenvalue weighted by molar-refractivity contribution is 0.628. The predicted molar refractivity (Wildman–Crippen MR) is 72.3 cm³/mol. The molecule has 2 nitrogen and oxygen atoms in total. The van der Waals surface area contributed by atoms with E-state index in [2.05, 4.69) is 33.1 Å². The third-order valence-electron chi connectivity index (χ3n) is 2.23. The van der Waals surface area contributed by atoms with Crippen LogP contribution in [0.25, 0.3) is 10.6 Å². The van der Waals surface area contributed by atoms with Gasteiger partial charge >= 0.3 is 0 Å². The number of benzene rings is 1. The van der Waals surface area contributed by atoms with Gasteiger partial charge in [0.1, 0.15) is 15.8 Å². The molecular formula is C11H9BrClFN2S. The molecule has 90 valence electrons. The van der Waals surface area contributed by atoms with Crippen molar-refractivity contribution in [1.29, 1.82) is 0 Å². The highest BCUT2D eigenvalue weighted by molar-refractivity contribution is 9.09. The van der Waals surface area contributed by atoms with Gasteiger partial charge in [-0.2, -0.15) is 0 Å². The molecule has 0 aliphatic rings. The molecule has 0 amide bonds. The molecule has 0 radical (unpaired) electrons. The lowest BCUT2D eigenvalue weighted by atomic mass is 10.2. The first kappa shape index (κ1) is 12.9. The van der Waals surface area contributed by atoms with E-state index >= 15 is 0 Å². The Labute approximate surface area is 116 Å². The molecule has 0 spiro atoms. The lowest BCUT2D eigenvalue weighted by Gasteiger charge is -2.00. The van der Waals surface area contributed by atoms with Gasteiger partial charge in [-0.3, -0.25) is 0 Å². The van der Waals surface area contributed by atoms with Gasteiger partial charge in [0.15, 0.2) is 0 Å². The molecule has 1 unspecified atom stereocenters. The molecule has 17 heavy (non-hydrogen) atoms. The summed E-state index contributed by atoms with van der Waals surface area (Å²) < 4.78 is 12.9. The molecule has 0 saturated carbocycles. The molecule has 0 saturated heterocycles. The molecule has 6 heteroatoms. The molecule has 2 aromatic rings. The molecule has 1 heterocycles. The Morgan fingerprint density at radius 3 is 2.88 bits per heavy atom. The number of halogens is 3. The highest BCUT2D eigenvalue weighted by atomic mass is 79.9. The summed E-state index contributed by atoms with van der Waals surface area (Å²) in [6.07, 6.45) is 0.936. The normalized spacial score (nSPS) is 12.7. The van der Waals surface area contributed by atoms with E-state index in [9.17, 15) is 4.39 Å². The van der Waals surface area contributed by atoms with Crippen LogP contribution in [0, 0.1) is 5.82 Å². The Hall–Kier alpha value is -0.520. The molecule has 1 aromatic heterocycles. The van der Waals surface area contributed by atoms with E-state index in [4.69, 9.17) is 11.6 Å². The first-order valence-corrected chi connectivity index (χ1v) is 7.15. The maximum absolute atomic E-state index is 12.9. The van der Waals surface area contributed by atoms with Crippen molar-refractivity contribution < 1.29 is 4.39 Å². The summed E-state index contributed by atoms with van der Waals surface area (Å²) in [5, 5.41) is 10.1. The summed E-state index contributed by atoms with van der Waals surface area (Å²) in [7, 11) is 0. The summed E-state index contributed by atoms with van der Waals surface area (Å²) in [5.41, 5.74) is 0.715. The first-order valence-electron chi connectivity index (χ1n) is 5.04. The van der Waals surface area contributed by atoms with Gasteiger partial charge in [0.05, 0.1) is 9.85 Å². The minimum atomic E-state index is -0.351. The smallest absolute Gasteiger partial charge is 0.149 e. The lowest BCUT2D eigenvalue weighted by Crippen LogP contribution is -1.85. The van der Waals surface area contributed by atoms with Gasteiger partial charge in [0, 0.05) is 5.56 Å². The van der Waals surface area contributed by atoms with Crippen LogP contribution in [-0.2, 0) is 0 Å². The van der Waals surface area contributed by atoms with Gasteiger partial charge in [0.25, 0.3) is 0 Å². The average Bonchev–Trinajstić information content (AvgIpc) is 2.77. The zero-order chi connectivity index (χ0) is 12.4. The fourth-order valence-electron chi connectivity index (χ4n) is 1.31. The zero-order valence-electron chi connectivity index (χ0n) is 8.95. The maximum atomic E-state index is 12.9. The standard InChI is InChI=1S/C11H9BrClFN2S/c1-2-8(12)11-16-15-10(17-11)7-4-3-6(14)5-9(7)13/h3-5,8H,2H2,1H3. The molecule has 0 bridgehead atoms. The topological polar surface area (TPSA) is 25.8 Å². The van der Waals surface area contributed by atoms with Crippen molar-refractivity contribution >= 4 is 38.9 Å². The van der Waals surface area contributed by atoms with Crippen LogP contribution in [0.1, 0.15) is 23.2 Å². The van der Waals surface area contributed by atoms with Gasteiger partial charge in [-0.1, -0.05) is 45.8 Å². The van der Waals surface area contributed by atoms with E-state index in [0.717, 1.165) is 11.4 Å². The second-order valence-corrected chi connectivity index (χ2v) is 5.97. The molecule has 0 aliphatic carbocycles. The van der Waals surface area contributed by atoms with Crippen LogP contribution in [0.3, 0.4) is 0 Å². The Bertz CT molecular complexity index is 532. The number of nitrogens with zero attached hydrogens (tertiary/aromatic N) is 2. The number of rotatable bonds is 3. The Balaban J connectivity index is 2.37. The van der Waals surface area contributed by atoms with E-state index in [-0.39, 0.29) is 10.6 Å². The van der Waals surface area contributed by atoms with Crippen molar-refractivity contribution in [2.45, 2.75) is 18.2 Å². The average molecular weight is 336 g/mol. The first-order chi connectivity index (χ1) is 8.11. The van der Waals surface area contributed by atoms with Crippen molar-refractivity contribution in [3.8, 4) is 10.6 Å². The van der Waals surface area contributed by atoms with E-state index in [1.807, 2.05) is 0 Å². The second-order valence-electron chi connectivity index (χ2n) is 3.45. The van der Waals surface area contributed by atoms with Crippen molar-refractivity contribution in [2.24, 2.45) is 0 Å². The van der Waals surface area contributed by atoms with Crippen molar-refractivity contribution in [3.05, 3.63) is 34.0 Å². The van der Waals surface area contributed by atoms with Crippen molar-refractivity contribution in [3.63, 3.8) is 0 Å². The molecule has 1 aromatic carbocycles. The van der Waals surface area contributed by atoms with Gasteiger partial charge in [-0.05, 0) is 24.6 Å². The summed E-state index contributed by atoms with van der Waals surface area (Å²) in [4.78, 5) is 0.202. The summed E-state index contributed by atoms with van der Waals surface area (Å²) >= 11 is 11.0. The van der Waals surface area contributed by atoms with Crippen molar-refractivity contribution in [1.82, 2.24) is 10.2 Å². The molecule has 0 aliphatic heterocycles. The van der Waals surface area contributed by atoms with E-state index < -0.39 is 0 Å². The fraction of sp³-hybridized carbons (Fsp3) is 0.273. The molecular weight excluding hydrogens is 327 g/mol. The van der Waals surface area contributed by atoms with Crippen LogP contribution in [0.4, 0.5) is 4.39 Å². The highest BCUT2D eigenvalue weighted by Crippen LogP contribution is 2.35. The monoisotopic (exact) mass is 334 g/mol. The quantitative estimate of drug-likeness (QED) is 0.750. The molecule has 0 fully saturated rings. The fourth-order valence-corrected chi connectivity index (χ4v) is 2.94. The Morgan fingerprint density at radius 2 is 2.24 bits per heavy atom.